The minimum atomic E-state index is -1.14. The van der Waals surface area contributed by atoms with E-state index in [9.17, 15) is 9.59 Å². The average molecular weight is 292 g/mol. The van der Waals surface area contributed by atoms with Crippen LogP contribution in [0.5, 0.6) is 0 Å². The smallest absolute Gasteiger partial charge is 0.419 e. The van der Waals surface area contributed by atoms with Crippen LogP contribution in [0.2, 0.25) is 0 Å². The number of hydrogen-bond acceptors (Lipinski definition) is 6. The Labute approximate surface area is 118 Å². The van der Waals surface area contributed by atoms with Crippen LogP contribution in [0.4, 0.5) is 4.79 Å². The third-order valence-corrected chi connectivity index (χ3v) is 1.81. The first kappa shape index (κ1) is 18.6. The molecule has 0 aromatic rings. The molecule has 0 aliphatic rings. The number of carbonyl (C=O) groups excluding carboxylic acids is 1. The van der Waals surface area contributed by atoms with Crippen molar-refractivity contribution in [1.82, 2.24) is 10.9 Å². The number of rotatable bonds is 10. The number of nitrogens with one attached hydrogen (secondary N) is 2. The molecule has 0 bridgehead atoms. The summed E-state index contributed by atoms with van der Waals surface area (Å²) in [7, 11) is 0. The maximum absolute atomic E-state index is 11.3. The van der Waals surface area contributed by atoms with E-state index in [1.807, 2.05) is 26.2 Å². The number of amides is 1. The van der Waals surface area contributed by atoms with Crippen molar-refractivity contribution in [3.8, 4) is 0 Å². The quantitative estimate of drug-likeness (QED) is 0.306. The molecule has 0 rings (SSSR count). The highest BCUT2D eigenvalue weighted by Crippen LogP contribution is 2.07. The zero-order valence-electron chi connectivity index (χ0n) is 12.2. The van der Waals surface area contributed by atoms with Gasteiger partial charge in [-0.1, -0.05) is 0 Å². The summed E-state index contributed by atoms with van der Waals surface area (Å²) < 4.78 is 15.5. The van der Waals surface area contributed by atoms with Gasteiger partial charge in [-0.05, 0) is 20.8 Å². The molecule has 1 amide bonds. The van der Waals surface area contributed by atoms with Gasteiger partial charge in [0.05, 0.1) is 32.8 Å². The van der Waals surface area contributed by atoms with Crippen LogP contribution in [0.1, 0.15) is 27.2 Å². The monoisotopic (exact) mass is 292 g/mol. The summed E-state index contributed by atoms with van der Waals surface area (Å²) in [5.74, 6) is -0.289. The first-order valence-electron chi connectivity index (χ1n) is 6.40. The van der Waals surface area contributed by atoms with E-state index in [0.717, 1.165) is 0 Å². The van der Waals surface area contributed by atoms with Gasteiger partial charge in [-0.25, -0.2) is 10.2 Å². The summed E-state index contributed by atoms with van der Waals surface area (Å²) >= 11 is 0. The Balaban J connectivity index is 3.25. The highest BCUT2D eigenvalue weighted by atomic mass is 16.6. The van der Waals surface area contributed by atoms with Crippen molar-refractivity contribution in [3.05, 3.63) is 0 Å². The molecular weight excluding hydrogens is 268 g/mol. The average Bonchev–Trinajstić information content (AvgIpc) is 2.28. The molecule has 0 aliphatic heterocycles. The zero-order valence-corrected chi connectivity index (χ0v) is 12.2. The minimum absolute atomic E-state index is 0.210. The van der Waals surface area contributed by atoms with Gasteiger partial charge in [0.2, 0.25) is 0 Å². The molecule has 0 heterocycles. The molecule has 118 valence electrons. The first-order valence-corrected chi connectivity index (χ1v) is 6.40. The molecule has 8 heteroatoms. The standard InChI is InChI=1S/C12H24N2O6/c1-12(2,3)20-10(15)4-6-18-8-9-19-7-5-13-14-11(16)17/h13-14H,4-9H2,1-3H3,(H,16,17). The van der Waals surface area contributed by atoms with Crippen molar-refractivity contribution in [3.63, 3.8) is 0 Å². The van der Waals surface area contributed by atoms with Gasteiger partial charge >= 0.3 is 12.1 Å². The molecule has 0 fully saturated rings. The van der Waals surface area contributed by atoms with E-state index in [2.05, 4.69) is 5.43 Å². The van der Waals surface area contributed by atoms with Crippen molar-refractivity contribution in [2.75, 3.05) is 33.0 Å². The van der Waals surface area contributed by atoms with Gasteiger partial charge in [0.15, 0.2) is 0 Å². The lowest BCUT2D eigenvalue weighted by molar-refractivity contribution is -0.156. The highest BCUT2D eigenvalue weighted by Gasteiger charge is 2.15. The first-order chi connectivity index (χ1) is 9.31. The molecule has 0 saturated carbocycles. The fraction of sp³-hybridized carbons (Fsp3) is 0.833. The number of hydrazine groups is 1. The molecule has 0 saturated heterocycles. The topological polar surface area (TPSA) is 106 Å². The van der Waals surface area contributed by atoms with Crippen LogP contribution in [-0.4, -0.2) is 55.7 Å². The maximum atomic E-state index is 11.3. The maximum Gasteiger partial charge on any atom is 0.419 e. The van der Waals surface area contributed by atoms with Gasteiger partial charge in [0.25, 0.3) is 0 Å². The lowest BCUT2D eigenvalue weighted by Gasteiger charge is -2.19. The van der Waals surface area contributed by atoms with Crippen LogP contribution in [-0.2, 0) is 19.0 Å². The molecule has 0 radical (unpaired) electrons. The number of ether oxygens (including phenoxy) is 3. The summed E-state index contributed by atoms with van der Waals surface area (Å²) in [5.41, 5.74) is 3.96. The second-order valence-corrected chi connectivity index (χ2v) is 4.92. The predicted octanol–water partition coefficient (Wildman–Crippen LogP) is 0.524. The van der Waals surface area contributed by atoms with Crippen LogP contribution in [0.3, 0.4) is 0 Å². The van der Waals surface area contributed by atoms with Gasteiger partial charge in [0, 0.05) is 6.54 Å². The van der Waals surface area contributed by atoms with Crippen molar-refractivity contribution < 1.29 is 28.9 Å². The lowest BCUT2D eigenvalue weighted by Crippen LogP contribution is -2.38. The molecule has 0 atom stereocenters. The van der Waals surface area contributed by atoms with E-state index in [1.54, 1.807) is 0 Å². The van der Waals surface area contributed by atoms with E-state index in [4.69, 9.17) is 19.3 Å². The minimum Gasteiger partial charge on any atom is -0.464 e. The fourth-order valence-electron chi connectivity index (χ4n) is 1.13. The Morgan fingerprint density at radius 3 is 2.20 bits per heavy atom. The van der Waals surface area contributed by atoms with Gasteiger partial charge in [-0.3, -0.25) is 10.2 Å². The van der Waals surface area contributed by atoms with Gasteiger partial charge in [0.1, 0.15) is 5.60 Å². The van der Waals surface area contributed by atoms with Crippen molar-refractivity contribution in [1.29, 1.82) is 0 Å². The second kappa shape index (κ2) is 10.4. The SMILES string of the molecule is CC(C)(C)OC(=O)CCOCCOCCNNC(=O)O. The molecule has 0 aromatic carbocycles. The molecule has 0 aliphatic carbocycles. The molecule has 0 aromatic heterocycles. The highest BCUT2D eigenvalue weighted by molar-refractivity contribution is 5.69. The van der Waals surface area contributed by atoms with Crippen molar-refractivity contribution in [2.24, 2.45) is 0 Å². The van der Waals surface area contributed by atoms with Crippen molar-refractivity contribution >= 4 is 12.1 Å². The van der Waals surface area contributed by atoms with Crippen LogP contribution in [0, 0.1) is 0 Å². The molecular formula is C12H24N2O6. The third-order valence-electron chi connectivity index (χ3n) is 1.81. The Morgan fingerprint density at radius 2 is 1.65 bits per heavy atom. The predicted molar refractivity (Wildman–Crippen MR) is 71.3 cm³/mol. The molecule has 3 N–H and O–H groups in total. The van der Waals surface area contributed by atoms with Gasteiger partial charge in [-0.15, -0.1) is 0 Å². The summed E-state index contributed by atoms with van der Waals surface area (Å²) in [6.45, 7) is 7.20. The normalized spacial score (nSPS) is 11.2. The molecule has 20 heavy (non-hydrogen) atoms. The summed E-state index contributed by atoms with van der Waals surface area (Å²) in [4.78, 5) is 21.4. The lowest BCUT2D eigenvalue weighted by atomic mass is 10.2. The molecule has 8 nitrogen and oxygen atoms in total. The Morgan fingerprint density at radius 1 is 1.05 bits per heavy atom. The Bertz CT molecular complexity index is 290. The zero-order chi connectivity index (χ0) is 15.4. The number of hydrogen-bond donors (Lipinski definition) is 3. The Hall–Kier alpha value is -1.38. The van der Waals surface area contributed by atoms with Gasteiger partial charge < -0.3 is 19.3 Å². The molecule has 0 unspecified atom stereocenters. The largest absolute Gasteiger partial charge is 0.464 e. The van der Waals surface area contributed by atoms with E-state index in [-0.39, 0.29) is 19.0 Å². The van der Waals surface area contributed by atoms with Crippen LogP contribution in [0.15, 0.2) is 0 Å². The van der Waals surface area contributed by atoms with Crippen LogP contribution in [0.25, 0.3) is 0 Å². The van der Waals surface area contributed by atoms with E-state index in [1.165, 1.54) is 0 Å². The van der Waals surface area contributed by atoms with Crippen LogP contribution >= 0.6 is 0 Å². The van der Waals surface area contributed by atoms with E-state index < -0.39 is 11.7 Å². The van der Waals surface area contributed by atoms with E-state index in [0.29, 0.717) is 26.4 Å². The number of esters is 1. The Kier molecular flexibility index (Phi) is 9.69. The third kappa shape index (κ3) is 14.7. The number of carboxylic acid groups (broad SMARTS) is 1. The second-order valence-electron chi connectivity index (χ2n) is 4.92. The molecule has 0 spiro atoms. The van der Waals surface area contributed by atoms with E-state index >= 15 is 0 Å². The fourth-order valence-corrected chi connectivity index (χ4v) is 1.13. The van der Waals surface area contributed by atoms with Gasteiger partial charge in [-0.2, -0.15) is 0 Å². The summed E-state index contributed by atoms with van der Waals surface area (Å²) in [5, 5.41) is 8.26. The van der Waals surface area contributed by atoms with Crippen LogP contribution < -0.4 is 10.9 Å². The summed E-state index contributed by atoms with van der Waals surface area (Å²) in [6.07, 6.45) is -0.933. The van der Waals surface area contributed by atoms with Crippen molar-refractivity contribution in [2.45, 2.75) is 32.8 Å². The number of carbonyl (C=O) groups is 2. The summed E-state index contributed by atoms with van der Waals surface area (Å²) in [6, 6.07) is 0.